The summed E-state index contributed by atoms with van der Waals surface area (Å²) in [5, 5.41) is 8.32. The third-order valence-corrected chi connectivity index (χ3v) is 1.80. The van der Waals surface area contributed by atoms with Crippen molar-refractivity contribution >= 4 is 12.0 Å². The number of alkyl halides is 3. The van der Waals surface area contributed by atoms with Crippen molar-refractivity contribution in [1.29, 1.82) is 0 Å². The Kier molecular flexibility index (Phi) is 2.19. The summed E-state index contributed by atoms with van der Waals surface area (Å²) in [4.78, 5) is 20.8. The number of rotatable bonds is 0. The molecule has 1 atom stereocenters. The molecule has 0 bridgehead atoms. The smallest absolute Gasteiger partial charge is 0.414 e. The zero-order valence-corrected chi connectivity index (χ0v) is 6.34. The number of nitrogens with zero attached hydrogens (tertiary/aromatic N) is 1. The summed E-state index contributed by atoms with van der Waals surface area (Å²) in [6.07, 6.45) is -7.35. The highest BCUT2D eigenvalue weighted by molar-refractivity contribution is 5.93. The van der Waals surface area contributed by atoms with Crippen LogP contribution in [0, 0.1) is 0 Å². The SMILES string of the molecule is O=C(O)N1C(=O)CC[C@H]1C(F)(F)F. The Morgan fingerprint density at radius 3 is 2.38 bits per heavy atom. The summed E-state index contributed by atoms with van der Waals surface area (Å²) in [5.41, 5.74) is 0. The number of carbonyl (C=O) groups is 2. The summed E-state index contributed by atoms with van der Waals surface area (Å²) < 4.78 is 36.3. The molecular formula is C6H6F3NO3. The summed E-state index contributed by atoms with van der Waals surface area (Å²) in [6.45, 7) is 0. The van der Waals surface area contributed by atoms with Gasteiger partial charge >= 0.3 is 12.3 Å². The summed E-state index contributed by atoms with van der Waals surface area (Å²) >= 11 is 0. The lowest BCUT2D eigenvalue weighted by Crippen LogP contribution is -2.45. The van der Waals surface area contributed by atoms with Gasteiger partial charge in [-0.25, -0.2) is 9.69 Å². The van der Waals surface area contributed by atoms with Gasteiger partial charge in [0.1, 0.15) is 6.04 Å². The van der Waals surface area contributed by atoms with E-state index < -0.39 is 30.6 Å². The molecule has 1 saturated heterocycles. The highest BCUT2D eigenvalue weighted by Gasteiger charge is 2.51. The molecule has 0 unspecified atom stereocenters. The van der Waals surface area contributed by atoms with Crippen LogP contribution < -0.4 is 0 Å². The second-order valence-electron chi connectivity index (χ2n) is 2.64. The van der Waals surface area contributed by atoms with Crippen LogP contribution >= 0.6 is 0 Å². The number of carboxylic acid groups (broad SMARTS) is 1. The Labute approximate surface area is 70.9 Å². The molecule has 0 aromatic carbocycles. The minimum absolute atomic E-state index is 0.153. The van der Waals surface area contributed by atoms with E-state index in [2.05, 4.69) is 0 Å². The first kappa shape index (κ1) is 9.82. The molecule has 1 aliphatic rings. The topological polar surface area (TPSA) is 57.6 Å². The van der Waals surface area contributed by atoms with Gasteiger partial charge in [0, 0.05) is 6.42 Å². The van der Waals surface area contributed by atoms with Gasteiger partial charge in [-0.3, -0.25) is 4.79 Å². The zero-order valence-electron chi connectivity index (χ0n) is 6.34. The zero-order chi connectivity index (χ0) is 10.2. The van der Waals surface area contributed by atoms with Crippen molar-refractivity contribution in [2.45, 2.75) is 25.1 Å². The van der Waals surface area contributed by atoms with Crippen LogP contribution in [0.3, 0.4) is 0 Å². The molecule has 1 heterocycles. The molecule has 4 nitrogen and oxygen atoms in total. The van der Waals surface area contributed by atoms with Crippen LogP contribution in [-0.2, 0) is 4.79 Å². The third-order valence-electron chi connectivity index (χ3n) is 1.80. The van der Waals surface area contributed by atoms with Crippen molar-refractivity contribution in [1.82, 2.24) is 4.90 Å². The molecule has 2 amide bonds. The van der Waals surface area contributed by atoms with E-state index >= 15 is 0 Å². The van der Waals surface area contributed by atoms with Crippen LogP contribution in [-0.4, -0.2) is 34.2 Å². The first-order chi connectivity index (χ1) is 5.84. The van der Waals surface area contributed by atoms with E-state index in [4.69, 9.17) is 5.11 Å². The molecule has 0 radical (unpaired) electrons. The molecule has 0 saturated carbocycles. The second kappa shape index (κ2) is 2.90. The van der Waals surface area contributed by atoms with Crippen LogP contribution in [0.5, 0.6) is 0 Å². The molecule has 1 N–H and O–H groups in total. The minimum Gasteiger partial charge on any atom is -0.465 e. The Morgan fingerprint density at radius 2 is 2.08 bits per heavy atom. The summed E-state index contributed by atoms with van der Waals surface area (Å²) in [7, 11) is 0. The van der Waals surface area contributed by atoms with E-state index in [1.807, 2.05) is 0 Å². The molecule has 13 heavy (non-hydrogen) atoms. The molecule has 0 spiro atoms. The lowest BCUT2D eigenvalue weighted by Gasteiger charge is -2.21. The largest absolute Gasteiger partial charge is 0.465 e. The number of carbonyl (C=O) groups excluding carboxylic acids is 1. The van der Waals surface area contributed by atoms with Crippen molar-refractivity contribution in [3.63, 3.8) is 0 Å². The minimum atomic E-state index is -4.66. The van der Waals surface area contributed by atoms with E-state index in [1.165, 1.54) is 0 Å². The molecule has 1 aliphatic heterocycles. The van der Waals surface area contributed by atoms with E-state index in [0.717, 1.165) is 0 Å². The third kappa shape index (κ3) is 1.73. The Balaban J connectivity index is 2.88. The average molecular weight is 197 g/mol. The molecule has 74 valence electrons. The summed E-state index contributed by atoms with van der Waals surface area (Å²) in [5.74, 6) is -0.991. The fourth-order valence-electron chi connectivity index (χ4n) is 1.23. The highest BCUT2D eigenvalue weighted by Crippen LogP contribution is 2.33. The first-order valence-electron chi connectivity index (χ1n) is 3.45. The standard InChI is InChI=1S/C6H6F3NO3/c7-6(8,9)3-1-2-4(11)10(3)5(12)13/h3H,1-2H2,(H,12,13)/t3-/m0/s1. The van der Waals surface area contributed by atoms with Crippen LogP contribution in [0.15, 0.2) is 0 Å². The molecular weight excluding hydrogens is 191 g/mol. The highest BCUT2D eigenvalue weighted by atomic mass is 19.4. The number of imide groups is 1. The van der Waals surface area contributed by atoms with Crippen molar-refractivity contribution in [2.24, 2.45) is 0 Å². The van der Waals surface area contributed by atoms with E-state index in [9.17, 15) is 22.8 Å². The van der Waals surface area contributed by atoms with Crippen LogP contribution in [0.4, 0.5) is 18.0 Å². The van der Waals surface area contributed by atoms with Crippen molar-refractivity contribution in [3.8, 4) is 0 Å². The lowest BCUT2D eigenvalue weighted by molar-refractivity contribution is -0.175. The first-order valence-corrected chi connectivity index (χ1v) is 3.45. The fourth-order valence-corrected chi connectivity index (χ4v) is 1.23. The summed E-state index contributed by atoms with van der Waals surface area (Å²) in [6, 6.07) is -2.17. The van der Waals surface area contributed by atoms with Gasteiger partial charge in [-0.2, -0.15) is 13.2 Å². The Bertz CT molecular complexity index is 250. The molecule has 0 aromatic heterocycles. The average Bonchev–Trinajstić information content (AvgIpc) is 2.28. The van der Waals surface area contributed by atoms with Gasteiger partial charge in [0.15, 0.2) is 0 Å². The van der Waals surface area contributed by atoms with Crippen molar-refractivity contribution in [3.05, 3.63) is 0 Å². The second-order valence-corrected chi connectivity index (χ2v) is 2.64. The van der Waals surface area contributed by atoms with E-state index in [1.54, 1.807) is 0 Å². The van der Waals surface area contributed by atoms with Gasteiger partial charge in [-0.15, -0.1) is 0 Å². The van der Waals surface area contributed by atoms with Crippen molar-refractivity contribution in [2.75, 3.05) is 0 Å². The van der Waals surface area contributed by atoms with Crippen LogP contribution in [0.2, 0.25) is 0 Å². The molecule has 0 aromatic rings. The van der Waals surface area contributed by atoms with E-state index in [0.29, 0.717) is 0 Å². The van der Waals surface area contributed by atoms with E-state index in [-0.39, 0.29) is 11.3 Å². The van der Waals surface area contributed by atoms with Gasteiger partial charge in [0.05, 0.1) is 0 Å². The maximum Gasteiger partial charge on any atom is 0.414 e. The number of hydrogen-bond donors (Lipinski definition) is 1. The van der Waals surface area contributed by atoms with Crippen LogP contribution in [0.1, 0.15) is 12.8 Å². The molecule has 0 aliphatic carbocycles. The number of hydrogen-bond acceptors (Lipinski definition) is 2. The number of halogens is 3. The lowest BCUT2D eigenvalue weighted by atomic mass is 10.2. The van der Waals surface area contributed by atoms with Gasteiger partial charge in [-0.05, 0) is 6.42 Å². The van der Waals surface area contributed by atoms with Crippen LogP contribution in [0.25, 0.3) is 0 Å². The number of amides is 2. The maximum atomic E-state index is 12.1. The quantitative estimate of drug-likeness (QED) is 0.635. The van der Waals surface area contributed by atoms with Gasteiger partial charge in [0.25, 0.3) is 0 Å². The maximum absolute atomic E-state index is 12.1. The Morgan fingerprint density at radius 1 is 1.54 bits per heavy atom. The Hall–Kier alpha value is -1.27. The molecule has 1 fully saturated rings. The fraction of sp³-hybridized carbons (Fsp3) is 0.667. The normalized spacial score (nSPS) is 23.8. The predicted octanol–water partition coefficient (Wildman–Crippen LogP) is 1.22. The van der Waals surface area contributed by atoms with Gasteiger partial charge < -0.3 is 5.11 Å². The predicted molar refractivity (Wildman–Crippen MR) is 33.9 cm³/mol. The molecule has 1 rings (SSSR count). The number of likely N-dealkylation sites (tertiary alicyclic amines) is 1. The van der Waals surface area contributed by atoms with Gasteiger partial charge in [-0.1, -0.05) is 0 Å². The van der Waals surface area contributed by atoms with Gasteiger partial charge in [0.2, 0.25) is 5.91 Å². The molecule has 7 heteroatoms. The van der Waals surface area contributed by atoms with Crippen molar-refractivity contribution < 1.29 is 27.9 Å². The monoisotopic (exact) mass is 197 g/mol.